The number of hydrogen-bond acceptors (Lipinski definition) is 3. The molecule has 1 aromatic heterocycles. The van der Waals surface area contributed by atoms with Gasteiger partial charge in [0.2, 0.25) is 0 Å². The van der Waals surface area contributed by atoms with Crippen LogP contribution in [-0.4, -0.2) is 21.3 Å². The molecule has 0 aliphatic rings. The molecule has 0 aliphatic carbocycles. The Hall–Kier alpha value is -1.89. The number of hydrogen-bond donors (Lipinski definition) is 0. The molecule has 0 N–H and O–H groups in total. The van der Waals surface area contributed by atoms with Gasteiger partial charge >= 0.3 is 6.55 Å². The molecular formula is C15H13BrF2N2O2. The topological polar surface area (TPSA) is 52.0 Å². The minimum absolute atomic E-state index is 0.0775. The molecule has 2 aromatic rings. The van der Waals surface area contributed by atoms with Gasteiger partial charge in [-0.25, -0.2) is 4.68 Å². The number of aromatic nitrogens is 2. The molecule has 2 rings (SSSR count). The number of carbonyl (C=O) groups is 2. The summed E-state index contributed by atoms with van der Waals surface area (Å²) in [5, 5.41) is 3.64. The quantitative estimate of drug-likeness (QED) is 0.574. The van der Waals surface area contributed by atoms with Gasteiger partial charge in [-0.3, -0.25) is 9.59 Å². The number of carbonyl (C=O) groups excluding carboxylic acids is 2. The maximum Gasteiger partial charge on any atom is 0.333 e. The van der Waals surface area contributed by atoms with Gasteiger partial charge in [0, 0.05) is 22.7 Å². The molecule has 1 heterocycles. The first-order valence-corrected chi connectivity index (χ1v) is 7.30. The van der Waals surface area contributed by atoms with Crippen LogP contribution in [0, 0.1) is 0 Å². The zero-order valence-corrected chi connectivity index (χ0v) is 13.3. The zero-order valence-electron chi connectivity index (χ0n) is 11.7. The molecule has 0 spiro atoms. The Morgan fingerprint density at radius 2 is 1.95 bits per heavy atom. The van der Waals surface area contributed by atoms with Crippen LogP contribution in [0.15, 0.2) is 34.9 Å². The summed E-state index contributed by atoms with van der Waals surface area (Å²) in [6.45, 7) is -1.56. The minimum Gasteiger partial charge on any atom is -0.300 e. The molecule has 22 heavy (non-hydrogen) atoms. The fourth-order valence-corrected chi connectivity index (χ4v) is 2.48. The summed E-state index contributed by atoms with van der Waals surface area (Å²) >= 11 is 3.38. The Morgan fingerprint density at radius 3 is 2.55 bits per heavy atom. The first kappa shape index (κ1) is 16.5. The van der Waals surface area contributed by atoms with E-state index in [-0.39, 0.29) is 24.3 Å². The molecule has 0 unspecified atom stereocenters. The molecule has 0 bridgehead atoms. The third-order valence-electron chi connectivity index (χ3n) is 3.02. The Morgan fingerprint density at radius 1 is 1.27 bits per heavy atom. The van der Waals surface area contributed by atoms with Gasteiger partial charge in [0.1, 0.15) is 11.5 Å². The maximum atomic E-state index is 12.8. The molecule has 0 atom stereocenters. The summed E-state index contributed by atoms with van der Waals surface area (Å²) in [7, 11) is 0. The Bertz CT molecular complexity index is 713. The first-order valence-electron chi connectivity index (χ1n) is 6.50. The van der Waals surface area contributed by atoms with E-state index in [1.54, 1.807) is 0 Å². The molecule has 0 fully saturated rings. The summed E-state index contributed by atoms with van der Waals surface area (Å²) in [6, 6.07) is 7.29. The van der Waals surface area contributed by atoms with Crippen molar-refractivity contribution < 1.29 is 18.4 Å². The third-order valence-corrected chi connectivity index (χ3v) is 3.79. The van der Waals surface area contributed by atoms with Gasteiger partial charge in [0.05, 0.1) is 6.42 Å². The molecule has 1 aromatic carbocycles. The van der Waals surface area contributed by atoms with Crippen molar-refractivity contribution in [3.63, 3.8) is 0 Å². The Balaban J connectivity index is 2.38. The fourth-order valence-electron chi connectivity index (χ4n) is 2.05. The van der Waals surface area contributed by atoms with E-state index in [0.717, 1.165) is 16.2 Å². The monoisotopic (exact) mass is 370 g/mol. The number of nitrogens with zero attached hydrogens (tertiary/aromatic N) is 2. The second kappa shape index (κ2) is 6.91. The second-order valence-corrected chi connectivity index (χ2v) is 5.69. The lowest BCUT2D eigenvalue weighted by Gasteiger charge is -2.04. The summed E-state index contributed by atoms with van der Waals surface area (Å²) < 4.78 is 26.9. The first-order chi connectivity index (χ1) is 10.4. The number of halogens is 3. The highest BCUT2D eigenvalue weighted by molar-refractivity contribution is 9.10. The van der Waals surface area contributed by atoms with Gasteiger partial charge in [0.25, 0.3) is 0 Å². The van der Waals surface area contributed by atoms with Crippen LogP contribution in [0.1, 0.15) is 41.5 Å². The standard InChI is InChI=1S/C15H13BrF2N2O2/c1-9(21)6-13(22)14-11(8-20(19-14)15(17)18)7-10-4-2-3-5-12(10)16/h2-5,8,15H,6-7H2,1H3. The molecule has 0 amide bonds. The largest absolute Gasteiger partial charge is 0.333 e. The van der Waals surface area contributed by atoms with Crippen LogP contribution in [0.2, 0.25) is 0 Å². The molecule has 0 saturated heterocycles. The van der Waals surface area contributed by atoms with Crippen LogP contribution < -0.4 is 0 Å². The number of rotatable bonds is 6. The van der Waals surface area contributed by atoms with Crippen molar-refractivity contribution in [3.05, 3.63) is 51.8 Å². The second-order valence-electron chi connectivity index (χ2n) is 4.83. The van der Waals surface area contributed by atoms with Crippen LogP contribution in [0.25, 0.3) is 0 Å². The van der Waals surface area contributed by atoms with Crippen molar-refractivity contribution in [1.29, 1.82) is 0 Å². The predicted molar refractivity (Wildman–Crippen MR) is 80.1 cm³/mol. The van der Waals surface area contributed by atoms with Gasteiger partial charge in [-0.2, -0.15) is 13.9 Å². The summed E-state index contributed by atoms with van der Waals surface area (Å²) in [5.41, 5.74) is 1.14. The number of Topliss-reactive ketones (excluding diaryl/α,β-unsaturated/α-hetero) is 2. The van der Waals surface area contributed by atoms with E-state index in [1.165, 1.54) is 6.92 Å². The van der Waals surface area contributed by atoms with Crippen molar-refractivity contribution in [2.45, 2.75) is 26.3 Å². The SMILES string of the molecule is CC(=O)CC(=O)c1nn(C(F)F)cc1Cc1ccccc1Br. The van der Waals surface area contributed by atoms with Crippen molar-refractivity contribution >= 4 is 27.5 Å². The predicted octanol–water partition coefficient (Wildman–Crippen LogP) is 3.79. The lowest BCUT2D eigenvalue weighted by Crippen LogP contribution is -2.09. The molecule has 0 radical (unpaired) electrons. The molecule has 0 aliphatic heterocycles. The van der Waals surface area contributed by atoms with Crippen LogP contribution in [0.5, 0.6) is 0 Å². The van der Waals surface area contributed by atoms with Gasteiger partial charge in [0.15, 0.2) is 5.78 Å². The highest BCUT2D eigenvalue weighted by Crippen LogP contribution is 2.23. The lowest BCUT2D eigenvalue weighted by molar-refractivity contribution is -0.116. The summed E-state index contributed by atoms with van der Waals surface area (Å²) in [5.74, 6) is -0.877. The van der Waals surface area contributed by atoms with E-state index < -0.39 is 12.3 Å². The average molecular weight is 371 g/mol. The van der Waals surface area contributed by atoms with Crippen molar-refractivity contribution in [2.24, 2.45) is 0 Å². The average Bonchev–Trinajstić information content (AvgIpc) is 2.85. The van der Waals surface area contributed by atoms with Crippen LogP contribution in [0.4, 0.5) is 8.78 Å². The van der Waals surface area contributed by atoms with Crippen molar-refractivity contribution in [2.75, 3.05) is 0 Å². The van der Waals surface area contributed by atoms with Gasteiger partial charge in [-0.15, -0.1) is 0 Å². The zero-order chi connectivity index (χ0) is 16.3. The molecule has 4 nitrogen and oxygen atoms in total. The molecule has 116 valence electrons. The van der Waals surface area contributed by atoms with E-state index >= 15 is 0 Å². The third kappa shape index (κ3) is 3.85. The van der Waals surface area contributed by atoms with E-state index in [9.17, 15) is 18.4 Å². The highest BCUT2D eigenvalue weighted by atomic mass is 79.9. The van der Waals surface area contributed by atoms with Gasteiger partial charge in [-0.05, 0) is 18.6 Å². The Kier molecular flexibility index (Phi) is 5.18. The van der Waals surface area contributed by atoms with Crippen LogP contribution in [-0.2, 0) is 11.2 Å². The van der Waals surface area contributed by atoms with Crippen LogP contribution >= 0.6 is 15.9 Å². The minimum atomic E-state index is -2.84. The summed E-state index contributed by atoms with van der Waals surface area (Å²) in [4.78, 5) is 23.1. The van der Waals surface area contributed by atoms with Crippen molar-refractivity contribution in [3.8, 4) is 0 Å². The molecular weight excluding hydrogens is 358 g/mol. The van der Waals surface area contributed by atoms with Crippen LogP contribution in [0.3, 0.4) is 0 Å². The Labute approximate surface area is 134 Å². The number of ketones is 2. The number of benzene rings is 1. The lowest BCUT2D eigenvalue weighted by atomic mass is 10.0. The van der Waals surface area contributed by atoms with Gasteiger partial charge in [-0.1, -0.05) is 34.1 Å². The smallest absolute Gasteiger partial charge is 0.300 e. The fraction of sp³-hybridized carbons (Fsp3) is 0.267. The number of alkyl halides is 2. The van der Waals surface area contributed by atoms with Crippen molar-refractivity contribution in [1.82, 2.24) is 9.78 Å². The van der Waals surface area contributed by atoms with E-state index in [4.69, 9.17) is 0 Å². The van der Waals surface area contributed by atoms with E-state index in [0.29, 0.717) is 10.2 Å². The normalized spacial score (nSPS) is 11.0. The summed E-state index contributed by atoms with van der Waals surface area (Å²) in [6.07, 6.45) is 1.08. The van der Waals surface area contributed by atoms with E-state index in [2.05, 4.69) is 21.0 Å². The molecule has 0 saturated carbocycles. The highest BCUT2D eigenvalue weighted by Gasteiger charge is 2.21. The van der Waals surface area contributed by atoms with Gasteiger partial charge < -0.3 is 0 Å². The molecule has 7 heteroatoms. The maximum absolute atomic E-state index is 12.8. The van der Waals surface area contributed by atoms with E-state index in [1.807, 2.05) is 24.3 Å².